The quantitative estimate of drug-likeness (QED) is 0.523. The lowest BCUT2D eigenvalue weighted by Gasteiger charge is -1.94. The van der Waals surface area contributed by atoms with Crippen molar-refractivity contribution in [3.8, 4) is 0 Å². The molecule has 3 heteroatoms. The molecule has 0 N–H and O–H groups in total. The molecule has 68 valence electrons. The fourth-order valence-corrected chi connectivity index (χ4v) is 0.880. The van der Waals surface area contributed by atoms with Crippen molar-refractivity contribution < 1.29 is 13.9 Å². The summed E-state index contributed by atoms with van der Waals surface area (Å²) in [6.07, 6.45) is 3.14. The largest absolute Gasteiger partial charge is 0.464 e. The maximum atomic E-state index is 12.9. The molecule has 13 heavy (non-hydrogen) atoms. The average Bonchev–Trinajstić information content (AvgIpc) is 2.15. The van der Waals surface area contributed by atoms with E-state index in [1.54, 1.807) is 30.4 Å². The van der Waals surface area contributed by atoms with E-state index in [1.165, 1.54) is 6.07 Å². The van der Waals surface area contributed by atoms with Crippen LogP contribution in [0.1, 0.15) is 5.56 Å². The maximum Gasteiger partial charge on any atom is 0.293 e. The lowest BCUT2D eigenvalue weighted by atomic mass is 10.2. The Hall–Kier alpha value is -1.64. The summed E-state index contributed by atoms with van der Waals surface area (Å²) in [5, 5.41) is 0. The first-order chi connectivity index (χ1) is 6.34. The Balaban J connectivity index is 2.58. The van der Waals surface area contributed by atoms with E-state index in [2.05, 4.69) is 4.74 Å². The Morgan fingerprint density at radius 1 is 1.38 bits per heavy atom. The van der Waals surface area contributed by atoms with Gasteiger partial charge in [0.1, 0.15) is 12.4 Å². The smallest absolute Gasteiger partial charge is 0.293 e. The maximum absolute atomic E-state index is 12.9. The molecule has 0 saturated heterocycles. The number of carbonyl (C=O) groups is 1. The highest BCUT2D eigenvalue weighted by atomic mass is 19.1. The number of benzene rings is 1. The van der Waals surface area contributed by atoms with Crippen LogP contribution in [0.3, 0.4) is 0 Å². The second-order valence-corrected chi connectivity index (χ2v) is 2.35. The van der Waals surface area contributed by atoms with Gasteiger partial charge in [0.05, 0.1) is 0 Å². The zero-order chi connectivity index (χ0) is 9.52. The van der Waals surface area contributed by atoms with E-state index in [0.717, 1.165) is 0 Å². The van der Waals surface area contributed by atoms with Crippen molar-refractivity contribution >= 4 is 12.5 Å². The van der Waals surface area contributed by atoms with E-state index in [9.17, 15) is 9.18 Å². The van der Waals surface area contributed by atoms with Gasteiger partial charge in [0, 0.05) is 5.56 Å². The summed E-state index contributed by atoms with van der Waals surface area (Å²) in [4.78, 5) is 9.75. The van der Waals surface area contributed by atoms with Crippen LogP contribution in [0.15, 0.2) is 30.3 Å². The van der Waals surface area contributed by atoms with Crippen molar-refractivity contribution in [1.82, 2.24) is 0 Å². The van der Waals surface area contributed by atoms with E-state index < -0.39 is 0 Å². The lowest BCUT2D eigenvalue weighted by Crippen LogP contribution is -1.86. The highest BCUT2D eigenvalue weighted by molar-refractivity contribution is 5.50. The molecule has 0 aliphatic heterocycles. The topological polar surface area (TPSA) is 26.3 Å². The first-order valence-corrected chi connectivity index (χ1v) is 3.81. The van der Waals surface area contributed by atoms with Gasteiger partial charge in [-0.2, -0.15) is 0 Å². The Morgan fingerprint density at radius 3 is 2.85 bits per heavy atom. The highest BCUT2D eigenvalue weighted by Gasteiger charge is 1.93. The summed E-state index contributed by atoms with van der Waals surface area (Å²) in [5.74, 6) is -0.287. The van der Waals surface area contributed by atoms with Gasteiger partial charge in [-0.25, -0.2) is 4.39 Å². The van der Waals surface area contributed by atoms with Gasteiger partial charge in [0.2, 0.25) is 0 Å². The van der Waals surface area contributed by atoms with Gasteiger partial charge in [-0.3, -0.25) is 4.79 Å². The zero-order valence-electron chi connectivity index (χ0n) is 6.94. The molecule has 1 aromatic carbocycles. The fraction of sp³-hybridized carbons (Fsp3) is 0.100. The summed E-state index contributed by atoms with van der Waals surface area (Å²) in [6, 6.07) is 6.38. The average molecular weight is 180 g/mol. The Labute approximate surface area is 75.6 Å². The molecule has 0 heterocycles. The third-order valence-electron chi connectivity index (χ3n) is 1.46. The van der Waals surface area contributed by atoms with E-state index in [1.807, 2.05) is 0 Å². The normalized spacial score (nSPS) is 10.2. The van der Waals surface area contributed by atoms with Crippen LogP contribution in [0.5, 0.6) is 0 Å². The third kappa shape index (κ3) is 3.07. The molecule has 0 atom stereocenters. The second kappa shape index (κ2) is 5.09. The molecule has 0 aliphatic rings. The molecule has 0 amide bonds. The van der Waals surface area contributed by atoms with E-state index >= 15 is 0 Å². The number of hydrogen-bond acceptors (Lipinski definition) is 2. The molecule has 1 aromatic rings. The summed E-state index contributed by atoms with van der Waals surface area (Å²) < 4.78 is 17.3. The van der Waals surface area contributed by atoms with Crippen LogP contribution in [0.4, 0.5) is 4.39 Å². The summed E-state index contributed by atoms with van der Waals surface area (Å²) in [6.45, 7) is 0.517. The van der Waals surface area contributed by atoms with Gasteiger partial charge in [-0.05, 0) is 12.1 Å². The number of carbonyl (C=O) groups excluding carboxylic acids is 1. The van der Waals surface area contributed by atoms with Crippen LogP contribution >= 0.6 is 0 Å². The number of halogens is 1. The van der Waals surface area contributed by atoms with Gasteiger partial charge in [-0.1, -0.05) is 24.3 Å². The van der Waals surface area contributed by atoms with Crippen molar-refractivity contribution in [2.45, 2.75) is 0 Å². The summed E-state index contributed by atoms with van der Waals surface area (Å²) in [5.41, 5.74) is 0.483. The molecule has 0 aromatic heterocycles. The minimum absolute atomic E-state index is 0.165. The van der Waals surface area contributed by atoms with Crippen LogP contribution in [-0.4, -0.2) is 13.1 Å². The zero-order valence-corrected chi connectivity index (χ0v) is 6.94. The molecule has 0 fully saturated rings. The Kier molecular flexibility index (Phi) is 3.70. The predicted octanol–water partition coefficient (Wildman–Crippen LogP) is 2.01. The van der Waals surface area contributed by atoms with E-state index in [0.29, 0.717) is 12.0 Å². The van der Waals surface area contributed by atoms with Gasteiger partial charge < -0.3 is 4.74 Å². The van der Waals surface area contributed by atoms with Crippen LogP contribution in [-0.2, 0) is 9.53 Å². The predicted molar refractivity (Wildman–Crippen MR) is 47.5 cm³/mol. The van der Waals surface area contributed by atoms with Crippen molar-refractivity contribution in [2.24, 2.45) is 0 Å². The minimum atomic E-state index is -0.287. The molecule has 0 radical (unpaired) electrons. The van der Waals surface area contributed by atoms with Crippen molar-refractivity contribution in [3.05, 3.63) is 41.7 Å². The van der Waals surface area contributed by atoms with E-state index in [4.69, 9.17) is 0 Å². The van der Waals surface area contributed by atoms with Gasteiger partial charge in [0.25, 0.3) is 6.47 Å². The van der Waals surface area contributed by atoms with Crippen LogP contribution in [0, 0.1) is 5.82 Å². The molecule has 0 unspecified atom stereocenters. The standard InChI is InChI=1S/C10H9FO2/c11-10-6-2-1-4-9(10)5-3-7-13-8-12/h1-6,8H,7H2. The molecule has 0 saturated carbocycles. The summed E-state index contributed by atoms with van der Waals surface area (Å²) in [7, 11) is 0. The first kappa shape index (κ1) is 9.45. The Bertz CT molecular complexity index is 308. The first-order valence-electron chi connectivity index (χ1n) is 3.81. The number of rotatable bonds is 4. The van der Waals surface area contributed by atoms with Crippen LogP contribution in [0.2, 0.25) is 0 Å². The molecule has 2 nitrogen and oxygen atoms in total. The highest BCUT2D eigenvalue weighted by Crippen LogP contribution is 2.07. The van der Waals surface area contributed by atoms with Gasteiger partial charge >= 0.3 is 0 Å². The molecule has 1 rings (SSSR count). The third-order valence-corrected chi connectivity index (χ3v) is 1.46. The van der Waals surface area contributed by atoms with Crippen LogP contribution in [0.25, 0.3) is 6.08 Å². The van der Waals surface area contributed by atoms with Gasteiger partial charge in [0.15, 0.2) is 0 Å². The van der Waals surface area contributed by atoms with Crippen molar-refractivity contribution in [2.75, 3.05) is 6.61 Å². The van der Waals surface area contributed by atoms with Gasteiger partial charge in [-0.15, -0.1) is 0 Å². The Morgan fingerprint density at radius 2 is 2.15 bits per heavy atom. The minimum Gasteiger partial charge on any atom is -0.464 e. The molecule has 0 bridgehead atoms. The molecule has 0 aliphatic carbocycles. The van der Waals surface area contributed by atoms with Crippen molar-refractivity contribution in [1.29, 1.82) is 0 Å². The van der Waals surface area contributed by atoms with E-state index in [-0.39, 0.29) is 12.4 Å². The lowest BCUT2D eigenvalue weighted by molar-refractivity contribution is -0.127. The SMILES string of the molecule is O=COCC=Cc1ccccc1F. The summed E-state index contributed by atoms with van der Waals surface area (Å²) >= 11 is 0. The second-order valence-electron chi connectivity index (χ2n) is 2.35. The number of hydrogen-bond donors (Lipinski definition) is 0. The fourth-order valence-electron chi connectivity index (χ4n) is 0.880. The number of ether oxygens (including phenoxy) is 1. The monoisotopic (exact) mass is 180 g/mol. The van der Waals surface area contributed by atoms with Crippen LogP contribution < -0.4 is 0 Å². The molecular formula is C10H9FO2. The van der Waals surface area contributed by atoms with Crippen molar-refractivity contribution in [3.63, 3.8) is 0 Å². The molecule has 0 spiro atoms. The molecular weight excluding hydrogens is 171 g/mol.